The van der Waals surface area contributed by atoms with Crippen molar-refractivity contribution >= 4 is 19.8 Å². The van der Waals surface area contributed by atoms with Crippen molar-refractivity contribution in [2.75, 3.05) is 26.4 Å². The summed E-state index contributed by atoms with van der Waals surface area (Å²) in [6.07, 6.45) is 62.8. The number of phosphoric ester groups is 1. The van der Waals surface area contributed by atoms with Gasteiger partial charge in [0.15, 0.2) is 0 Å². The Morgan fingerprint density at radius 3 is 1.38 bits per heavy atom. The van der Waals surface area contributed by atoms with Crippen molar-refractivity contribution in [1.29, 1.82) is 0 Å². The van der Waals surface area contributed by atoms with E-state index in [9.17, 15) is 19.0 Å². The second-order valence-electron chi connectivity index (χ2n) is 15.5. The fourth-order valence-electron chi connectivity index (χ4n) is 5.85. The first-order chi connectivity index (χ1) is 30.7. The number of aliphatic carboxylic acids is 1. The van der Waals surface area contributed by atoms with E-state index in [1.807, 2.05) is 0 Å². The predicted octanol–water partition coefficient (Wildman–Crippen LogP) is 13.9. The van der Waals surface area contributed by atoms with Crippen LogP contribution in [0.5, 0.6) is 0 Å². The van der Waals surface area contributed by atoms with Crippen LogP contribution < -0.4 is 5.73 Å². The lowest BCUT2D eigenvalue weighted by atomic mass is 10.1. The first-order valence-corrected chi connectivity index (χ1v) is 25.4. The summed E-state index contributed by atoms with van der Waals surface area (Å²) in [6.45, 7) is 3.62. The van der Waals surface area contributed by atoms with Crippen LogP contribution in [0.4, 0.5) is 0 Å². The molecule has 0 amide bonds. The molecule has 0 spiro atoms. The summed E-state index contributed by atoms with van der Waals surface area (Å²) in [5, 5.41) is 8.92. The highest BCUT2D eigenvalue weighted by atomic mass is 31.2. The van der Waals surface area contributed by atoms with E-state index in [1.165, 1.54) is 25.7 Å². The van der Waals surface area contributed by atoms with E-state index in [2.05, 4.69) is 123 Å². The predicted molar refractivity (Wildman–Crippen MR) is 262 cm³/mol. The Hall–Kier alpha value is -3.37. The molecule has 0 heterocycles. The second kappa shape index (κ2) is 46.6. The lowest BCUT2D eigenvalue weighted by Crippen LogP contribution is -2.34. The summed E-state index contributed by atoms with van der Waals surface area (Å²) < 4.78 is 33.4. The van der Waals surface area contributed by atoms with Crippen molar-refractivity contribution in [2.24, 2.45) is 5.73 Å². The van der Waals surface area contributed by atoms with E-state index in [-0.39, 0.29) is 13.0 Å². The number of hydrogen-bond acceptors (Lipinski definition) is 8. The summed E-state index contributed by atoms with van der Waals surface area (Å²) in [5.41, 5.74) is 5.36. The molecule has 0 aromatic rings. The molecular formula is C52H86NO9P. The van der Waals surface area contributed by atoms with E-state index in [1.54, 1.807) is 0 Å². The number of ether oxygens (including phenoxy) is 2. The van der Waals surface area contributed by atoms with Gasteiger partial charge in [0.05, 0.1) is 19.8 Å². The summed E-state index contributed by atoms with van der Waals surface area (Å²) in [4.78, 5) is 33.6. The van der Waals surface area contributed by atoms with Crippen LogP contribution in [0.2, 0.25) is 0 Å². The highest BCUT2D eigenvalue weighted by Gasteiger charge is 2.27. The number of phosphoric acid groups is 1. The average Bonchev–Trinajstić information content (AvgIpc) is 3.26. The van der Waals surface area contributed by atoms with E-state index < -0.39 is 45.1 Å². The van der Waals surface area contributed by atoms with Gasteiger partial charge in [0, 0.05) is 13.0 Å². The molecule has 0 aromatic carbocycles. The van der Waals surface area contributed by atoms with E-state index in [0.717, 1.165) is 116 Å². The molecular weight excluding hydrogens is 814 g/mol. The lowest BCUT2D eigenvalue weighted by molar-refractivity contribution is -0.154. The van der Waals surface area contributed by atoms with Gasteiger partial charge in [-0.05, 0) is 103 Å². The zero-order chi connectivity index (χ0) is 46.2. The largest absolute Gasteiger partial charge is 0.480 e. The van der Waals surface area contributed by atoms with Crippen LogP contribution in [-0.4, -0.2) is 60.5 Å². The monoisotopic (exact) mass is 900 g/mol. The molecule has 0 bridgehead atoms. The van der Waals surface area contributed by atoms with E-state index in [4.69, 9.17) is 29.4 Å². The smallest absolute Gasteiger partial charge is 0.472 e. The van der Waals surface area contributed by atoms with E-state index in [0.29, 0.717) is 13.0 Å². The highest BCUT2D eigenvalue weighted by Crippen LogP contribution is 2.43. The fraction of sp³-hybridized carbons (Fsp3) is 0.615. The highest BCUT2D eigenvalue weighted by molar-refractivity contribution is 7.47. The summed E-state index contributed by atoms with van der Waals surface area (Å²) in [6, 6.07) is -1.49. The molecule has 10 nitrogen and oxygen atoms in total. The molecule has 0 saturated carbocycles. The number of hydrogen-bond donors (Lipinski definition) is 3. The SMILES string of the molecule is CC/C=C\C/C=C\C/C=C\C/C=C\C/C=C\C/C=C\CCCCCOCC(COP(=O)(O)OCC(N)C(=O)O)OC(=O)CCCCCCCC/C=C\C/C=C\C/C=C\CCCCC. The Labute approximate surface area is 382 Å². The van der Waals surface area contributed by atoms with Gasteiger partial charge in [-0.3, -0.25) is 18.6 Å². The molecule has 63 heavy (non-hydrogen) atoms. The molecule has 358 valence electrons. The molecule has 11 heteroatoms. The van der Waals surface area contributed by atoms with Crippen LogP contribution in [0.3, 0.4) is 0 Å². The minimum Gasteiger partial charge on any atom is -0.480 e. The van der Waals surface area contributed by atoms with Crippen LogP contribution in [0.25, 0.3) is 0 Å². The summed E-state index contributed by atoms with van der Waals surface area (Å²) in [7, 11) is -4.64. The maximum Gasteiger partial charge on any atom is 0.472 e. The third kappa shape index (κ3) is 46.4. The Morgan fingerprint density at radius 2 is 0.921 bits per heavy atom. The standard InChI is InChI=1S/C52H86NO9P/c1-3-5-7-9-11-13-15-17-19-21-23-24-25-27-29-31-33-35-37-39-41-43-45-59-46-49(47-60-63(57,58)61-48-50(53)52(55)56)62-51(54)44-42-40-38-36-34-32-30-28-26-22-20-18-16-14-12-10-8-6-4-2/h5,7,11-14,17-20,23-24,26-29,33,35,49-50H,3-4,6,8-10,15-16,21-22,25,30-32,34,36-48,53H2,1-2H3,(H,55,56)(H,57,58)/b7-5-,13-11-,14-12-,19-17-,20-18-,24-23-,28-26-,29-27-,35-33-. The van der Waals surface area contributed by atoms with Gasteiger partial charge < -0.3 is 25.2 Å². The molecule has 0 fully saturated rings. The van der Waals surface area contributed by atoms with Gasteiger partial charge in [-0.2, -0.15) is 0 Å². The van der Waals surface area contributed by atoms with Gasteiger partial charge in [-0.25, -0.2) is 4.57 Å². The number of carboxylic acids is 1. The molecule has 3 atom stereocenters. The number of nitrogens with two attached hydrogens (primary N) is 1. The van der Waals surface area contributed by atoms with E-state index >= 15 is 0 Å². The van der Waals surface area contributed by atoms with Crippen molar-refractivity contribution < 1.29 is 42.7 Å². The summed E-state index contributed by atoms with van der Waals surface area (Å²) in [5.74, 6) is -1.82. The fourth-order valence-corrected chi connectivity index (χ4v) is 6.63. The normalized spacial score (nSPS) is 14.7. The topological polar surface area (TPSA) is 155 Å². The van der Waals surface area contributed by atoms with Gasteiger partial charge in [0.2, 0.25) is 0 Å². The first-order valence-electron chi connectivity index (χ1n) is 23.9. The number of carbonyl (C=O) groups excluding carboxylic acids is 1. The Bertz CT molecular complexity index is 1410. The minimum atomic E-state index is -4.64. The molecule has 0 aliphatic carbocycles. The molecule has 0 aromatic heterocycles. The number of allylic oxidation sites excluding steroid dienone is 18. The minimum absolute atomic E-state index is 0.0190. The Morgan fingerprint density at radius 1 is 0.524 bits per heavy atom. The molecule has 0 aliphatic rings. The third-order valence-electron chi connectivity index (χ3n) is 9.54. The number of esters is 1. The third-order valence-corrected chi connectivity index (χ3v) is 10.5. The quantitative estimate of drug-likeness (QED) is 0.0233. The number of carboxylic acid groups (broad SMARTS) is 1. The Balaban J connectivity index is 4.33. The average molecular weight is 900 g/mol. The Kier molecular flexibility index (Phi) is 44.1. The maximum atomic E-state index is 12.7. The van der Waals surface area contributed by atoms with Crippen LogP contribution in [-0.2, 0) is 32.7 Å². The van der Waals surface area contributed by atoms with Gasteiger partial charge >= 0.3 is 19.8 Å². The van der Waals surface area contributed by atoms with Crippen molar-refractivity contribution in [2.45, 2.75) is 180 Å². The lowest BCUT2D eigenvalue weighted by Gasteiger charge is -2.20. The van der Waals surface area contributed by atoms with Crippen LogP contribution in [0, 0.1) is 0 Å². The van der Waals surface area contributed by atoms with Gasteiger partial charge in [0.1, 0.15) is 12.1 Å². The second-order valence-corrected chi connectivity index (χ2v) is 17.0. The molecule has 3 unspecified atom stereocenters. The van der Waals surface area contributed by atoms with Crippen molar-refractivity contribution in [3.8, 4) is 0 Å². The van der Waals surface area contributed by atoms with Crippen LogP contribution >= 0.6 is 7.82 Å². The van der Waals surface area contributed by atoms with Gasteiger partial charge in [0.25, 0.3) is 0 Å². The van der Waals surface area contributed by atoms with Crippen molar-refractivity contribution in [3.05, 3.63) is 109 Å². The maximum absolute atomic E-state index is 12.7. The van der Waals surface area contributed by atoms with Crippen LogP contribution in [0.15, 0.2) is 109 Å². The summed E-state index contributed by atoms with van der Waals surface area (Å²) >= 11 is 0. The number of rotatable bonds is 44. The van der Waals surface area contributed by atoms with Crippen molar-refractivity contribution in [3.63, 3.8) is 0 Å². The van der Waals surface area contributed by atoms with Crippen LogP contribution in [0.1, 0.15) is 168 Å². The molecule has 0 aliphatic heterocycles. The molecule has 0 radical (unpaired) electrons. The first kappa shape index (κ1) is 59.6. The van der Waals surface area contributed by atoms with Gasteiger partial charge in [-0.15, -0.1) is 0 Å². The zero-order valence-corrected chi connectivity index (χ0v) is 40.0. The van der Waals surface area contributed by atoms with Gasteiger partial charge in [-0.1, -0.05) is 168 Å². The zero-order valence-electron chi connectivity index (χ0n) is 39.1. The molecule has 0 rings (SSSR count). The van der Waals surface area contributed by atoms with Crippen molar-refractivity contribution in [1.82, 2.24) is 0 Å². The number of carbonyl (C=O) groups is 2. The molecule has 0 saturated heterocycles. The number of unbranched alkanes of at least 4 members (excludes halogenated alkanes) is 12. The molecule has 4 N–H and O–H groups in total.